The molecule has 5 aromatic rings. The van der Waals surface area contributed by atoms with Crippen molar-refractivity contribution >= 4 is 49.0 Å². The minimum atomic E-state index is -3.36. The summed E-state index contributed by atoms with van der Waals surface area (Å²) in [5.41, 5.74) is 9.39. The number of rotatable bonds is 6. The van der Waals surface area contributed by atoms with Crippen molar-refractivity contribution in [3.63, 3.8) is 0 Å². The van der Waals surface area contributed by atoms with Gasteiger partial charge in [0, 0.05) is 28.3 Å². The van der Waals surface area contributed by atoms with E-state index < -0.39 is 15.7 Å². The summed E-state index contributed by atoms with van der Waals surface area (Å²) in [6, 6.07) is 23.1. The molecular formula is C28H24N4O4S. The second kappa shape index (κ2) is 9.18. The standard InChI is InChI=1S/C28H24N4O4S/c1-17-5-3-4-6-22(17)28(34)30-19-9-7-18-8-14-23-25(16-26(29)33)31-32(27(23)24(18)15-19)20-10-12-21(13-11-20)37(2,35)36/h3-15H,16H2,1-2H3,(H2,29,33)(H,30,34). The summed E-state index contributed by atoms with van der Waals surface area (Å²) in [5, 5.41) is 10.1. The first-order valence-corrected chi connectivity index (χ1v) is 13.4. The lowest BCUT2D eigenvalue weighted by Crippen LogP contribution is -2.14. The number of anilines is 1. The quantitative estimate of drug-likeness (QED) is 0.353. The Balaban J connectivity index is 1.68. The van der Waals surface area contributed by atoms with E-state index in [1.165, 1.54) is 12.1 Å². The van der Waals surface area contributed by atoms with E-state index in [-0.39, 0.29) is 17.2 Å². The van der Waals surface area contributed by atoms with E-state index in [0.717, 1.165) is 28.0 Å². The minimum absolute atomic E-state index is 0.0554. The van der Waals surface area contributed by atoms with Gasteiger partial charge in [-0.1, -0.05) is 36.4 Å². The van der Waals surface area contributed by atoms with Crippen LogP contribution in [0.1, 0.15) is 21.6 Å². The number of nitrogens with zero attached hydrogens (tertiary/aromatic N) is 2. The van der Waals surface area contributed by atoms with Crippen LogP contribution in [0, 0.1) is 6.92 Å². The molecule has 4 aromatic carbocycles. The molecule has 0 aliphatic carbocycles. The lowest BCUT2D eigenvalue weighted by Gasteiger charge is -2.11. The Morgan fingerprint density at radius 1 is 0.946 bits per heavy atom. The summed E-state index contributed by atoms with van der Waals surface area (Å²) < 4.78 is 25.5. The highest BCUT2D eigenvalue weighted by molar-refractivity contribution is 7.90. The summed E-state index contributed by atoms with van der Waals surface area (Å²) in [6.07, 6.45) is 1.09. The molecule has 5 rings (SSSR count). The predicted octanol–water partition coefficient (Wildman–Crippen LogP) is 4.17. The minimum Gasteiger partial charge on any atom is -0.369 e. The Morgan fingerprint density at radius 2 is 1.65 bits per heavy atom. The molecule has 0 saturated heterocycles. The molecule has 0 atom stereocenters. The maximum atomic E-state index is 12.9. The van der Waals surface area contributed by atoms with Crippen LogP contribution in [0.2, 0.25) is 0 Å². The van der Waals surface area contributed by atoms with Crippen LogP contribution < -0.4 is 11.1 Å². The third-order valence-corrected chi connectivity index (χ3v) is 7.36. The predicted molar refractivity (Wildman–Crippen MR) is 144 cm³/mol. The topological polar surface area (TPSA) is 124 Å². The van der Waals surface area contributed by atoms with E-state index in [4.69, 9.17) is 5.73 Å². The number of nitrogens with one attached hydrogen (secondary N) is 1. The number of benzene rings is 4. The van der Waals surface area contributed by atoms with Crippen LogP contribution >= 0.6 is 0 Å². The molecule has 0 fully saturated rings. The van der Waals surface area contributed by atoms with Gasteiger partial charge in [0.1, 0.15) is 0 Å². The Kier molecular flexibility index (Phi) is 6.01. The molecule has 8 nitrogen and oxygen atoms in total. The zero-order valence-electron chi connectivity index (χ0n) is 20.2. The molecule has 3 N–H and O–H groups in total. The molecule has 2 amide bonds. The second-order valence-corrected chi connectivity index (χ2v) is 11.0. The van der Waals surface area contributed by atoms with Crippen LogP contribution in [0.3, 0.4) is 0 Å². The lowest BCUT2D eigenvalue weighted by molar-refractivity contribution is -0.117. The zero-order valence-corrected chi connectivity index (χ0v) is 21.0. The van der Waals surface area contributed by atoms with E-state index in [0.29, 0.717) is 28.1 Å². The first-order valence-electron chi connectivity index (χ1n) is 11.5. The van der Waals surface area contributed by atoms with Crippen LogP contribution in [0.4, 0.5) is 5.69 Å². The largest absolute Gasteiger partial charge is 0.369 e. The number of amides is 2. The van der Waals surface area contributed by atoms with Crippen molar-refractivity contribution in [2.45, 2.75) is 18.2 Å². The first-order chi connectivity index (χ1) is 17.6. The van der Waals surface area contributed by atoms with Crippen LogP contribution in [0.25, 0.3) is 27.4 Å². The normalized spacial score (nSPS) is 11.6. The van der Waals surface area contributed by atoms with Gasteiger partial charge in [-0.2, -0.15) is 5.10 Å². The van der Waals surface area contributed by atoms with Gasteiger partial charge in [-0.15, -0.1) is 0 Å². The zero-order chi connectivity index (χ0) is 26.3. The van der Waals surface area contributed by atoms with Gasteiger partial charge in [0.25, 0.3) is 5.91 Å². The van der Waals surface area contributed by atoms with Gasteiger partial charge in [-0.3, -0.25) is 9.59 Å². The lowest BCUT2D eigenvalue weighted by atomic mass is 10.0. The molecule has 9 heteroatoms. The van der Waals surface area contributed by atoms with E-state index in [1.807, 2.05) is 55.5 Å². The Hall–Kier alpha value is -4.50. The molecule has 0 bridgehead atoms. The molecule has 1 aromatic heterocycles. The van der Waals surface area contributed by atoms with Crippen molar-refractivity contribution in [1.29, 1.82) is 0 Å². The molecule has 0 radical (unpaired) electrons. The summed E-state index contributed by atoms with van der Waals surface area (Å²) >= 11 is 0. The van der Waals surface area contributed by atoms with Gasteiger partial charge in [0.05, 0.1) is 28.2 Å². The third kappa shape index (κ3) is 4.68. The average molecular weight is 513 g/mol. The highest BCUT2D eigenvalue weighted by atomic mass is 32.2. The maximum absolute atomic E-state index is 12.9. The summed E-state index contributed by atoms with van der Waals surface area (Å²) in [7, 11) is -3.36. The number of carbonyl (C=O) groups excluding carboxylic acids is 2. The number of hydrogen-bond acceptors (Lipinski definition) is 5. The number of fused-ring (bicyclic) bond motifs is 3. The number of aryl methyl sites for hydroxylation is 1. The second-order valence-electron chi connectivity index (χ2n) is 8.93. The number of primary amides is 1. The van der Waals surface area contributed by atoms with Gasteiger partial charge in [-0.05, 0) is 60.3 Å². The van der Waals surface area contributed by atoms with Crippen molar-refractivity contribution in [3.05, 3.63) is 95.7 Å². The number of carbonyl (C=O) groups is 2. The fraction of sp³-hybridized carbons (Fsp3) is 0.107. The van der Waals surface area contributed by atoms with Crippen LogP contribution in [0.5, 0.6) is 0 Å². The third-order valence-electron chi connectivity index (χ3n) is 6.24. The van der Waals surface area contributed by atoms with Crippen LogP contribution in [-0.4, -0.2) is 36.3 Å². The Bertz CT molecular complexity index is 1810. The molecule has 0 unspecified atom stereocenters. The van der Waals surface area contributed by atoms with Crippen molar-refractivity contribution < 1.29 is 18.0 Å². The van der Waals surface area contributed by atoms with Crippen molar-refractivity contribution in [1.82, 2.24) is 9.78 Å². The summed E-state index contributed by atoms with van der Waals surface area (Å²) in [6.45, 7) is 1.88. The smallest absolute Gasteiger partial charge is 0.255 e. The molecule has 37 heavy (non-hydrogen) atoms. The van der Waals surface area contributed by atoms with Gasteiger partial charge in [-0.25, -0.2) is 13.1 Å². The fourth-order valence-electron chi connectivity index (χ4n) is 4.41. The van der Waals surface area contributed by atoms with E-state index in [2.05, 4.69) is 10.4 Å². The maximum Gasteiger partial charge on any atom is 0.255 e. The van der Waals surface area contributed by atoms with E-state index >= 15 is 0 Å². The van der Waals surface area contributed by atoms with Gasteiger partial charge in [0.15, 0.2) is 9.84 Å². The van der Waals surface area contributed by atoms with Crippen molar-refractivity contribution in [2.75, 3.05) is 11.6 Å². The molecule has 0 saturated carbocycles. The van der Waals surface area contributed by atoms with E-state index in [9.17, 15) is 18.0 Å². The van der Waals surface area contributed by atoms with Gasteiger partial charge >= 0.3 is 0 Å². The highest BCUT2D eigenvalue weighted by Crippen LogP contribution is 2.32. The fourth-order valence-corrected chi connectivity index (χ4v) is 5.04. The molecular weight excluding hydrogens is 488 g/mol. The van der Waals surface area contributed by atoms with Gasteiger partial charge < -0.3 is 11.1 Å². The summed E-state index contributed by atoms with van der Waals surface area (Å²) in [5.74, 6) is -0.734. The molecule has 1 heterocycles. The number of sulfone groups is 1. The first kappa shape index (κ1) is 24.2. The van der Waals surface area contributed by atoms with Crippen LogP contribution in [0.15, 0.2) is 83.8 Å². The monoisotopic (exact) mass is 512 g/mol. The number of aromatic nitrogens is 2. The van der Waals surface area contributed by atoms with E-state index in [1.54, 1.807) is 22.9 Å². The number of nitrogens with two attached hydrogens (primary N) is 1. The SMILES string of the molecule is Cc1ccccc1C(=O)Nc1ccc2ccc3c(CC(N)=O)nn(-c4ccc(S(C)(=O)=O)cc4)c3c2c1. The number of hydrogen-bond donors (Lipinski definition) is 2. The molecule has 0 spiro atoms. The Labute approximate surface area is 213 Å². The molecule has 0 aliphatic heterocycles. The van der Waals surface area contributed by atoms with Crippen molar-refractivity contribution in [3.8, 4) is 5.69 Å². The van der Waals surface area contributed by atoms with Crippen molar-refractivity contribution in [2.24, 2.45) is 5.73 Å². The molecule has 0 aliphatic rings. The van der Waals surface area contributed by atoms with Gasteiger partial charge in [0.2, 0.25) is 5.91 Å². The highest BCUT2D eigenvalue weighted by Gasteiger charge is 2.18. The van der Waals surface area contributed by atoms with Crippen LogP contribution in [-0.2, 0) is 21.1 Å². The Morgan fingerprint density at radius 3 is 2.32 bits per heavy atom. The molecule has 186 valence electrons. The summed E-state index contributed by atoms with van der Waals surface area (Å²) in [4.78, 5) is 24.9. The average Bonchev–Trinajstić information content (AvgIpc) is 3.22.